The fraction of sp³-hybridized carbons (Fsp3) is 0.500. The number of H-pyrrole nitrogens is 1. The zero-order chi connectivity index (χ0) is 12.7. The summed E-state index contributed by atoms with van der Waals surface area (Å²) in [6.45, 7) is 0.635. The summed E-state index contributed by atoms with van der Waals surface area (Å²) in [5, 5.41) is 0.146. The van der Waals surface area contributed by atoms with Crippen LogP contribution in [-0.4, -0.2) is 26.1 Å². The molecular formula is C10H10Cl2N4O2. The lowest BCUT2D eigenvalue weighted by Crippen LogP contribution is -2.27. The van der Waals surface area contributed by atoms with Crippen molar-refractivity contribution < 1.29 is 4.74 Å². The second-order valence-corrected chi connectivity index (χ2v) is 4.80. The molecule has 1 atom stereocenters. The molecule has 0 saturated carbocycles. The molecule has 1 aliphatic heterocycles. The Morgan fingerprint density at radius 1 is 1.33 bits per heavy atom. The molecule has 1 saturated heterocycles. The van der Waals surface area contributed by atoms with Crippen molar-refractivity contribution in [2.75, 3.05) is 6.61 Å². The van der Waals surface area contributed by atoms with E-state index in [1.807, 2.05) is 0 Å². The van der Waals surface area contributed by atoms with Crippen LogP contribution in [0.15, 0.2) is 4.79 Å². The Morgan fingerprint density at radius 2 is 2.17 bits per heavy atom. The average Bonchev–Trinajstić information content (AvgIpc) is 2.67. The van der Waals surface area contributed by atoms with Gasteiger partial charge in [0.2, 0.25) is 5.28 Å². The van der Waals surface area contributed by atoms with Gasteiger partial charge in [-0.2, -0.15) is 4.98 Å². The van der Waals surface area contributed by atoms with Gasteiger partial charge >= 0.3 is 5.69 Å². The van der Waals surface area contributed by atoms with E-state index in [2.05, 4.69) is 15.0 Å². The molecule has 0 amide bonds. The Bertz CT molecular complexity index is 645. The molecular weight excluding hydrogens is 279 g/mol. The first-order chi connectivity index (χ1) is 8.66. The van der Waals surface area contributed by atoms with Crippen LogP contribution in [0.4, 0.5) is 0 Å². The summed E-state index contributed by atoms with van der Waals surface area (Å²) in [6.07, 6.45) is 2.47. The highest BCUT2D eigenvalue weighted by molar-refractivity contribution is 6.35. The maximum atomic E-state index is 12.0. The van der Waals surface area contributed by atoms with E-state index in [1.54, 1.807) is 0 Å². The van der Waals surface area contributed by atoms with Crippen LogP contribution in [0.3, 0.4) is 0 Å². The quantitative estimate of drug-likeness (QED) is 0.644. The van der Waals surface area contributed by atoms with Crippen LogP contribution in [0, 0.1) is 0 Å². The van der Waals surface area contributed by atoms with Gasteiger partial charge in [-0.15, -0.1) is 0 Å². The molecule has 0 aromatic carbocycles. The zero-order valence-corrected chi connectivity index (χ0v) is 10.8. The van der Waals surface area contributed by atoms with Crippen molar-refractivity contribution in [3.05, 3.63) is 20.9 Å². The number of rotatable bonds is 1. The Balaban J connectivity index is 2.21. The molecule has 1 fully saturated rings. The predicted molar refractivity (Wildman–Crippen MR) is 67.0 cm³/mol. The third-order valence-electron chi connectivity index (χ3n) is 2.94. The van der Waals surface area contributed by atoms with E-state index >= 15 is 0 Å². The first-order valence-electron chi connectivity index (χ1n) is 5.61. The highest BCUT2D eigenvalue weighted by Gasteiger charge is 2.22. The summed E-state index contributed by atoms with van der Waals surface area (Å²) in [7, 11) is 0. The van der Waals surface area contributed by atoms with Crippen molar-refractivity contribution in [1.82, 2.24) is 19.5 Å². The Hall–Kier alpha value is -1.11. The molecule has 0 spiro atoms. The number of nitrogens with zero attached hydrogens (tertiary/aromatic N) is 3. The van der Waals surface area contributed by atoms with Gasteiger partial charge in [0.25, 0.3) is 0 Å². The Kier molecular flexibility index (Phi) is 3.01. The summed E-state index contributed by atoms with van der Waals surface area (Å²) in [5.41, 5.74) is 0.465. The molecule has 3 rings (SSSR count). The highest BCUT2D eigenvalue weighted by Crippen LogP contribution is 2.26. The van der Waals surface area contributed by atoms with E-state index in [9.17, 15) is 4.79 Å². The van der Waals surface area contributed by atoms with E-state index in [0.29, 0.717) is 17.8 Å². The van der Waals surface area contributed by atoms with E-state index in [4.69, 9.17) is 27.9 Å². The summed E-state index contributed by atoms with van der Waals surface area (Å²) < 4.78 is 7.04. The van der Waals surface area contributed by atoms with Gasteiger partial charge in [-0.1, -0.05) is 11.6 Å². The molecule has 0 bridgehead atoms. The predicted octanol–water partition coefficient (Wildman–Crippen LogP) is 2.13. The first kappa shape index (κ1) is 12.0. The van der Waals surface area contributed by atoms with Crippen molar-refractivity contribution in [2.45, 2.75) is 25.5 Å². The molecule has 8 heteroatoms. The Morgan fingerprint density at radius 3 is 2.89 bits per heavy atom. The van der Waals surface area contributed by atoms with Gasteiger partial charge < -0.3 is 9.72 Å². The van der Waals surface area contributed by atoms with Crippen molar-refractivity contribution in [1.29, 1.82) is 0 Å². The number of aromatic amines is 1. The second kappa shape index (κ2) is 4.53. The van der Waals surface area contributed by atoms with Crippen molar-refractivity contribution in [2.24, 2.45) is 0 Å². The summed E-state index contributed by atoms with van der Waals surface area (Å²) in [4.78, 5) is 22.4. The van der Waals surface area contributed by atoms with Crippen LogP contribution >= 0.6 is 23.2 Å². The largest absolute Gasteiger partial charge is 0.358 e. The van der Waals surface area contributed by atoms with Crippen molar-refractivity contribution in [3.8, 4) is 0 Å². The topological polar surface area (TPSA) is 72.8 Å². The summed E-state index contributed by atoms with van der Waals surface area (Å²) in [5.74, 6) is 0. The standard InChI is InChI=1S/C10H10Cl2N4O2/c11-7-6-8(15-9(12)14-7)16(10(17)13-6)5-3-1-2-4-18-5/h5H,1-4H2,(H,13,17). The van der Waals surface area contributed by atoms with Gasteiger partial charge in [0.1, 0.15) is 11.7 Å². The van der Waals surface area contributed by atoms with Gasteiger partial charge in [0.15, 0.2) is 10.8 Å². The van der Waals surface area contributed by atoms with Gasteiger partial charge in [0, 0.05) is 6.61 Å². The number of aromatic nitrogens is 4. The van der Waals surface area contributed by atoms with Crippen LogP contribution < -0.4 is 5.69 Å². The number of halogens is 2. The normalized spacial score (nSPS) is 20.4. The van der Waals surface area contributed by atoms with Gasteiger partial charge in [-0.05, 0) is 30.9 Å². The van der Waals surface area contributed by atoms with Gasteiger partial charge in [-0.25, -0.2) is 14.3 Å². The van der Waals surface area contributed by atoms with E-state index in [0.717, 1.165) is 19.3 Å². The third kappa shape index (κ3) is 1.90. The number of ether oxygens (including phenoxy) is 1. The SMILES string of the molecule is O=c1[nH]c2c(Cl)nc(Cl)nc2n1C1CCCCO1. The lowest BCUT2D eigenvalue weighted by molar-refractivity contribution is -0.0316. The second-order valence-electron chi connectivity index (χ2n) is 4.10. The fourth-order valence-electron chi connectivity index (χ4n) is 2.14. The van der Waals surface area contributed by atoms with Gasteiger partial charge in [-0.3, -0.25) is 0 Å². The molecule has 0 radical (unpaired) electrons. The summed E-state index contributed by atoms with van der Waals surface area (Å²) >= 11 is 11.7. The monoisotopic (exact) mass is 288 g/mol. The van der Waals surface area contributed by atoms with E-state index in [-0.39, 0.29) is 22.4 Å². The molecule has 1 unspecified atom stereocenters. The fourth-order valence-corrected chi connectivity index (χ4v) is 2.56. The van der Waals surface area contributed by atoms with Gasteiger partial charge in [0.05, 0.1) is 0 Å². The first-order valence-corrected chi connectivity index (χ1v) is 6.37. The van der Waals surface area contributed by atoms with Crippen LogP contribution in [0.2, 0.25) is 10.4 Å². The molecule has 1 N–H and O–H groups in total. The minimum Gasteiger partial charge on any atom is -0.358 e. The minimum absolute atomic E-state index is 0.0102. The highest BCUT2D eigenvalue weighted by atomic mass is 35.5. The summed E-state index contributed by atoms with van der Waals surface area (Å²) in [6, 6.07) is 0. The third-order valence-corrected chi connectivity index (χ3v) is 3.38. The van der Waals surface area contributed by atoms with Crippen molar-refractivity contribution >= 4 is 34.4 Å². The van der Waals surface area contributed by atoms with E-state index < -0.39 is 0 Å². The van der Waals surface area contributed by atoms with Crippen LogP contribution in [0.25, 0.3) is 11.2 Å². The maximum absolute atomic E-state index is 12.0. The Labute approximate surface area is 112 Å². The maximum Gasteiger partial charge on any atom is 0.329 e. The van der Waals surface area contributed by atoms with E-state index in [1.165, 1.54) is 4.57 Å². The molecule has 2 aromatic rings. The average molecular weight is 289 g/mol. The number of hydrogen-bond acceptors (Lipinski definition) is 4. The molecule has 3 heterocycles. The van der Waals surface area contributed by atoms with Crippen molar-refractivity contribution in [3.63, 3.8) is 0 Å². The number of fused-ring (bicyclic) bond motifs is 1. The lowest BCUT2D eigenvalue weighted by Gasteiger charge is -2.23. The molecule has 6 nitrogen and oxygen atoms in total. The zero-order valence-electron chi connectivity index (χ0n) is 9.32. The van der Waals surface area contributed by atoms with Crippen LogP contribution in [0.1, 0.15) is 25.5 Å². The van der Waals surface area contributed by atoms with Crippen LogP contribution in [-0.2, 0) is 4.74 Å². The number of nitrogens with one attached hydrogen (secondary N) is 1. The molecule has 96 valence electrons. The number of hydrogen-bond donors (Lipinski definition) is 1. The smallest absolute Gasteiger partial charge is 0.329 e. The number of imidazole rings is 1. The molecule has 2 aromatic heterocycles. The molecule has 0 aliphatic carbocycles. The van der Waals surface area contributed by atoms with Crippen LogP contribution in [0.5, 0.6) is 0 Å². The lowest BCUT2D eigenvalue weighted by atomic mass is 10.2. The minimum atomic E-state index is -0.318. The molecule has 1 aliphatic rings. The molecule has 18 heavy (non-hydrogen) atoms.